The number of sulfonamides is 1. The van der Waals surface area contributed by atoms with Crippen LogP contribution in [0.2, 0.25) is 0 Å². The molecule has 5 rings (SSSR count). The Bertz CT molecular complexity index is 2190. The molecule has 276 valence electrons. The number of aromatic nitrogens is 2. The zero-order valence-electron chi connectivity index (χ0n) is 28.5. The van der Waals surface area contributed by atoms with Gasteiger partial charge in [0.05, 0.1) is 36.9 Å². The second-order valence-corrected chi connectivity index (χ2v) is 12.9. The number of halogens is 3. The average Bonchev–Trinajstić information content (AvgIpc) is 3.58. The second kappa shape index (κ2) is 16.9. The highest BCUT2D eigenvalue weighted by Gasteiger charge is 2.35. The smallest absolute Gasteiger partial charge is 0.435 e. The normalized spacial score (nSPS) is 11.7. The Kier molecular flexibility index (Phi) is 12.6. The van der Waals surface area contributed by atoms with Crippen molar-refractivity contribution < 1.29 is 50.9 Å². The molecule has 15 heteroatoms. The van der Waals surface area contributed by atoms with Crippen LogP contribution in [0.3, 0.4) is 0 Å². The van der Waals surface area contributed by atoms with Gasteiger partial charge in [0, 0.05) is 5.56 Å². The molecule has 4 aromatic carbocycles. The number of rotatable bonds is 11. The highest BCUT2D eigenvalue weighted by Crippen LogP contribution is 2.34. The number of phenols is 2. The van der Waals surface area contributed by atoms with E-state index in [0.29, 0.717) is 28.2 Å². The number of aromatic hydroxyl groups is 2. The first-order valence-corrected chi connectivity index (χ1v) is 17.1. The number of ketones is 2. The molecular weight excluding hydrogens is 715 g/mol. The van der Waals surface area contributed by atoms with E-state index in [4.69, 9.17) is 14.6 Å². The molecule has 0 fully saturated rings. The first-order chi connectivity index (χ1) is 25.0. The number of benzene rings is 4. The molecule has 1 aromatic heterocycles. The molecule has 0 spiro atoms. The molecule has 0 atom stereocenters. The lowest BCUT2D eigenvalue weighted by molar-refractivity contribution is -0.141. The van der Waals surface area contributed by atoms with E-state index in [0.717, 1.165) is 16.3 Å². The molecule has 11 nitrogen and oxygen atoms in total. The molecule has 1 heterocycles. The van der Waals surface area contributed by atoms with Crippen molar-refractivity contribution in [3.63, 3.8) is 0 Å². The summed E-state index contributed by atoms with van der Waals surface area (Å²) < 4.78 is 73.2. The monoisotopic (exact) mass is 749 g/mol. The van der Waals surface area contributed by atoms with Crippen LogP contribution in [0.25, 0.3) is 29.1 Å². The average molecular weight is 750 g/mol. The van der Waals surface area contributed by atoms with Crippen molar-refractivity contribution in [2.45, 2.75) is 24.4 Å². The number of alkyl halides is 3. The third-order valence-corrected chi connectivity index (χ3v) is 8.37. The second-order valence-electron chi connectivity index (χ2n) is 11.4. The number of nitrogens with zero attached hydrogens (tertiary/aromatic N) is 2. The van der Waals surface area contributed by atoms with Crippen molar-refractivity contribution in [3.05, 3.63) is 126 Å². The van der Waals surface area contributed by atoms with Crippen LogP contribution >= 0.6 is 0 Å². The first-order valence-electron chi connectivity index (χ1n) is 15.5. The van der Waals surface area contributed by atoms with E-state index in [1.807, 2.05) is 6.92 Å². The Balaban J connectivity index is 0.000000237. The summed E-state index contributed by atoms with van der Waals surface area (Å²) in [6, 6.07) is 22.4. The van der Waals surface area contributed by atoms with E-state index in [2.05, 4.69) is 5.10 Å². The van der Waals surface area contributed by atoms with Crippen LogP contribution in [0.4, 0.5) is 13.2 Å². The number of carbonyl (C=O) groups is 2. The van der Waals surface area contributed by atoms with Crippen molar-refractivity contribution in [2.24, 2.45) is 5.14 Å². The van der Waals surface area contributed by atoms with Gasteiger partial charge in [-0.3, -0.25) is 9.59 Å². The summed E-state index contributed by atoms with van der Waals surface area (Å²) in [5.41, 5.74) is 2.32. The predicted octanol–water partition coefficient (Wildman–Crippen LogP) is 6.88. The number of methoxy groups -OCH3 is 2. The molecule has 0 unspecified atom stereocenters. The largest absolute Gasteiger partial charge is 0.504 e. The lowest BCUT2D eigenvalue weighted by Crippen LogP contribution is -2.12. The summed E-state index contributed by atoms with van der Waals surface area (Å²) in [6.07, 6.45) is 0.837. The number of hydrogen-bond acceptors (Lipinski definition) is 9. The lowest BCUT2D eigenvalue weighted by atomic mass is 10.1. The number of allylic oxidation sites excluding steroid dienone is 2. The highest BCUT2D eigenvalue weighted by atomic mass is 32.2. The minimum Gasteiger partial charge on any atom is -0.504 e. The number of primary sulfonamides is 1. The summed E-state index contributed by atoms with van der Waals surface area (Å²) in [5, 5.41) is 27.8. The van der Waals surface area contributed by atoms with Gasteiger partial charge in [0.1, 0.15) is 0 Å². The fourth-order valence-electron chi connectivity index (χ4n) is 4.69. The summed E-state index contributed by atoms with van der Waals surface area (Å²) >= 11 is 0. The fourth-order valence-corrected chi connectivity index (χ4v) is 5.20. The molecule has 53 heavy (non-hydrogen) atoms. The number of ether oxygens (including phenoxy) is 2. The van der Waals surface area contributed by atoms with E-state index < -0.39 is 21.9 Å². The van der Waals surface area contributed by atoms with Crippen LogP contribution in [-0.4, -0.2) is 54.2 Å². The molecule has 0 bridgehead atoms. The van der Waals surface area contributed by atoms with Crippen molar-refractivity contribution in [1.29, 1.82) is 0 Å². The fraction of sp³-hybridized carbons (Fsp3) is 0.132. The van der Waals surface area contributed by atoms with Crippen molar-refractivity contribution >= 4 is 33.7 Å². The maximum atomic E-state index is 13.1. The van der Waals surface area contributed by atoms with Gasteiger partial charge in [-0.05, 0) is 84.8 Å². The van der Waals surface area contributed by atoms with E-state index in [-0.39, 0.29) is 45.8 Å². The molecule has 0 saturated carbocycles. The van der Waals surface area contributed by atoms with Gasteiger partial charge in [-0.1, -0.05) is 54.1 Å². The van der Waals surface area contributed by atoms with Crippen LogP contribution in [0.15, 0.2) is 108 Å². The number of carbonyl (C=O) groups excluding carboxylic acids is 2. The summed E-state index contributed by atoms with van der Waals surface area (Å²) in [4.78, 5) is 23.7. The van der Waals surface area contributed by atoms with Gasteiger partial charge in [0.25, 0.3) is 0 Å². The number of nitrogens with two attached hydrogens (primary N) is 1. The Morgan fingerprint density at radius 2 is 1.28 bits per heavy atom. The summed E-state index contributed by atoms with van der Waals surface area (Å²) in [7, 11) is -1.03. The van der Waals surface area contributed by atoms with E-state index in [9.17, 15) is 41.4 Å². The van der Waals surface area contributed by atoms with Gasteiger partial charge in [0.2, 0.25) is 10.0 Å². The van der Waals surface area contributed by atoms with Gasteiger partial charge in [0.15, 0.2) is 40.3 Å². The lowest BCUT2D eigenvalue weighted by Gasteiger charge is -2.09. The standard InChI is InChI=1S/C21H20O6.C17H14F3N3O2S/c1-26-20-11-14(5-9-18(20)24)3-7-16(22)13-17(23)8-4-15-6-10-19(25)21(12-15)27-2;1-11-2-4-12(5-3-11)15-10-16(17(18,19)20)22-23(15)13-6-8-14(9-7-13)26(21,24)25/h3-12,24-25H,13H2,1-2H3;2-10H,1H3,(H2,21,24,25)/b7-3+,8-4+;. The minimum absolute atomic E-state index is 0.00662. The maximum absolute atomic E-state index is 13.1. The van der Waals surface area contributed by atoms with Gasteiger partial charge < -0.3 is 19.7 Å². The van der Waals surface area contributed by atoms with Gasteiger partial charge in [-0.25, -0.2) is 18.2 Å². The van der Waals surface area contributed by atoms with Crippen LogP contribution in [0.5, 0.6) is 23.0 Å². The van der Waals surface area contributed by atoms with Gasteiger partial charge in [-0.2, -0.15) is 18.3 Å². The molecule has 0 saturated heterocycles. The molecule has 4 N–H and O–H groups in total. The SMILES string of the molecule is COc1cc(/C=C/C(=O)CC(=O)/C=C/c2ccc(O)c(OC)c2)ccc1O.Cc1ccc(-c2cc(C(F)(F)F)nn2-c2ccc(S(N)(=O)=O)cc2)cc1. The molecular formula is C38H34F3N3O8S. The topological polar surface area (TPSA) is 171 Å². The molecule has 0 aliphatic heterocycles. The van der Waals surface area contributed by atoms with E-state index in [1.165, 1.54) is 62.8 Å². The third kappa shape index (κ3) is 10.9. The van der Waals surface area contributed by atoms with E-state index in [1.54, 1.807) is 60.7 Å². The zero-order chi connectivity index (χ0) is 38.9. The summed E-state index contributed by atoms with van der Waals surface area (Å²) in [5.74, 6) is -0.0832. The Morgan fingerprint density at radius 3 is 1.72 bits per heavy atom. The van der Waals surface area contributed by atoms with Gasteiger partial charge >= 0.3 is 6.18 Å². The quantitative estimate of drug-likeness (QED) is 0.0962. The minimum atomic E-state index is -4.61. The van der Waals surface area contributed by atoms with Crippen molar-refractivity contribution in [1.82, 2.24) is 9.78 Å². The number of aryl methyl sites for hydroxylation is 1. The molecule has 0 radical (unpaired) electrons. The van der Waals surface area contributed by atoms with E-state index >= 15 is 0 Å². The predicted molar refractivity (Wildman–Crippen MR) is 192 cm³/mol. The molecule has 0 aliphatic rings. The zero-order valence-corrected chi connectivity index (χ0v) is 29.4. The van der Waals surface area contributed by atoms with Crippen molar-refractivity contribution in [2.75, 3.05) is 14.2 Å². The summed E-state index contributed by atoms with van der Waals surface area (Å²) in [6.45, 7) is 1.87. The van der Waals surface area contributed by atoms with Crippen LogP contribution in [0.1, 0.15) is 28.8 Å². The van der Waals surface area contributed by atoms with Crippen LogP contribution in [-0.2, 0) is 25.8 Å². The Labute approximate surface area is 303 Å². The highest BCUT2D eigenvalue weighted by molar-refractivity contribution is 7.89. The molecule has 0 amide bonds. The maximum Gasteiger partial charge on any atom is 0.435 e. The van der Waals surface area contributed by atoms with Gasteiger partial charge in [-0.15, -0.1) is 0 Å². The first kappa shape index (κ1) is 39.6. The van der Waals surface area contributed by atoms with Crippen LogP contribution < -0.4 is 14.6 Å². The van der Waals surface area contributed by atoms with Crippen LogP contribution in [0, 0.1) is 6.92 Å². The number of hydrogen-bond donors (Lipinski definition) is 3. The molecule has 0 aliphatic carbocycles. The molecule has 5 aromatic rings. The van der Waals surface area contributed by atoms with Crippen molar-refractivity contribution in [3.8, 4) is 39.9 Å². The number of phenolic OH excluding ortho intramolecular Hbond substituents is 2. The Morgan fingerprint density at radius 1 is 0.792 bits per heavy atom. The Hall–Kier alpha value is -6.19. The third-order valence-electron chi connectivity index (χ3n) is 7.44.